The molecule has 1 saturated heterocycles. The van der Waals surface area contributed by atoms with Gasteiger partial charge in [0.2, 0.25) is 5.91 Å². The van der Waals surface area contributed by atoms with E-state index in [4.69, 9.17) is 37.7 Å². The maximum atomic E-state index is 14.6. The minimum Gasteiger partial charge on any atom is -0.496 e. The number of urea groups is 1. The molecule has 0 N–H and O–H groups in total. The van der Waals surface area contributed by atoms with Gasteiger partial charge in [-0.25, -0.2) is 4.79 Å². The monoisotopic (exact) mass is 636 g/mol. The molecular formula is C33H34Cl2N4O5. The van der Waals surface area contributed by atoms with Crippen LogP contribution in [0.15, 0.2) is 71.7 Å². The van der Waals surface area contributed by atoms with Crippen LogP contribution in [0.2, 0.25) is 10.0 Å². The second kappa shape index (κ2) is 13.3. The van der Waals surface area contributed by atoms with Crippen molar-refractivity contribution in [3.8, 4) is 11.5 Å². The maximum Gasteiger partial charge on any atom is 0.326 e. The summed E-state index contributed by atoms with van der Waals surface area (Å²) >= 11 is 12.5. The third-order valence-corrected chi connectivity index (χ3v) is 7.99. The quantitative estimate of drug-likeness (QED) is 0.294. The number of benzene rings is 3. The number of hydrogen-bond acceptors (Lipinski definition) is 6. The summed E-state index contributed by atoms with van der Waals surface area (Å²) in [5, 5.41) is 1.14. The zero-order valence-electron chi connectivity index (χ0n) is 25.0. The van der Waals surface area contributed by atoms with E-state index in [0.717, 1.165) is 11.1 Å². The fourth-order valence-electron chi connectivity index (χ4n) is 5.52. The molecule has 0 aromatic heterocycles. The van der Waals surface area contributed by atoms with Crippen LogP contribution in [-0.4, -0.2) is 77.6 Å². The number of halogens is 2. The van der Waals surface area contributed by atoms with Crippen LogP contribution < -0.4 is 9.47 Å². The first-order valence-corrected chi connectivity index (χ1v) is 15.1. The summed E-state index contributed by atoms with van der Waals surface area (Å²) in [7, 11) is 1.56. The van der Waals surface area contributed by atoms with Crippen molar-refractivity contribution in [2.45, 2.75) is 39.0 Å². The fraction of sp³-hybridized carbons (Fsp3) is 0.333. The molecule has 2 aliphatic heterocycles. The Kier molecular flexibility index (Phi) is 9.46. The lowest BCUT2D eigenvalue weighted by Gasteiger charge is -2.38. The molecule has 2 atom stereocenters. The van der Waals surface area contributed by atoms with Crippen LogP contribution in [0, 0.1) is 0 Å². The molecule has 2 heterocycles. The molecule has 0 saturated carbocycles. The third-order valence-electron chi connectivity index (χ3n) is 7.48. The van der Waals surface area contributed by atoms with Crippen LogP contribution in [0.25, 0.3) is 0 Å². The zero-order valence-corrected chi connectivity index (χ0v) is 26.5. The molecule has 0 aliphatic carbocycles. The number of nitrogens with zero attached hydrogens (tertiary/aromatic N) is 4. The smallest absolute Gasteiger partial charge is 0.326 e. The second-order valence-electron chi connectivity index (χ2n) is 11.1. The van der Waals surface area contributed by atoms with Crippen molar-refractivity contribution in [2.75, 3.05) is 33.3 Å². The predicted molar refractivity (Wildman–Crippen MR) is 170 cm³/mol. The number of carbonyl (C=O) groups is 3. The van der Waals surface area contributed by atoms with E-state index in [1.807, 2.05) is 50.2 Å². The first kappa shape index (κ1) is 31.3. The number of methoxy groups -OCH3 is 1. The Morgan fingerprint density at radius 3 is 2.16 bits per heavy atom. The molecule has 9 nitrogen and oxygen atoms in total. The first-order chi connectivity index (χ1) is 21.0. The number of ether oxygens (including phenoxy) is 2. The van der Waals surface area contributed by atoms with E-state index in [9.17, 15) is 14.4 Å². The minimum absolute atomic E-state index is 0.0192. The number of aliphatic imine (C=N–C) groups is 1. The lowest BCUT2D eigenvalue weighted by molar-refractivity contribution is -0.138. The fourth-order valence-corrected chi connectivity index (χ4v) is 5.77. The van der Waals surface area contributed by atoms with E-state index in [-0.39, 0.29) is 50.0 Å². The molecule has 0 bridgehead atoms. The molecule has 3 amide bonds. The summed E-state index contributed by atoms with van der Waals surface area (Å²) in [5.41, 5.74) is 2.25. The zero-order chi connectivity index (χ0) is 31.5. The van der Waals surface area contributed by atoms with Gasteiger partial charge in [0.05, 0.1) is 31.4 Å². The van der Waals surface area contributed by atoms with Crippen molar-refractivity contribution in [1.82, 2.24) is 14.7 Å². The summed E-state index contributed by atoms with van der Waals surface area (Å²) in [6.45, 7) is 5.69. The van der Waals surface area contributed by atoms with Crippen molar-refractivity contribution in [2.24, 2.45) is 4.99 Å². The molecule has 2 aliphatic rings. The van der Waals surface area contributed by atoms with Gasteiger partial charge in [-0.2, -0.15) is 0 Å². The van der Waals surface area contributed by atoms with Gasteiger partial charge in [-0.15, -0.1) is 0 Å². The van der Waals surface area contributed by atoms with Crippen molar-refractivity contribution >= 4 is 46.8 Å². The number of piperazine rings is 1. The summed E-state index contributed by atoms with van der Waals surface area (Å²) in [6.07, 6.45) is -0.0461. The second-order valence-corrected chi connectivity index (χ2v) is 11.9. The van der Waals surface area contributed by atoms with Gasteiger partial charge in [0.15, 0.2) is 0 Å². The molecule has 11 heteroatoms. The number of hydrogen-bond donors (Lipinski definition) is 0. The van der Waals surface area contributed by atoms with Crippen molar-refractivity contribution in [1.29, 1.82) is 0 Å². The van der Waals surface area contributed by atoms with E-state index in [1.165, 1.54) is 16.7 Å². The summed E-state index contributed by atoms with van der Waals surface area (Å²) in [5.74, 6) is 1.09. The molecule has 3 aromatic carbocycles. The van der Waals surface area contributed by atoms with Crippen LogP contribution in [0.3, 0.4) is 0 Å². The molecule has 44 heavy (non-hydrogen) atoms. The molecule has 0 radical (unpaired) electrons. The molecular weight excluding hydrogens is 603 g/mol. The van der Waals surface area contributed by atoms with E-state index >= 15 is 0 Å². The molecule has 3 aromatic rings. The van der Waals surface area contributed by atoms with Gasteiger partial charge in [-0.1, -0.05) is 47.5 Å². The van der Waals surface area contributed by atoms with Gasteiger partial charge in [0.25, 0.3) is 0 Å². The van der Waals surface area contributed by atoms with E-state index < -0.39 is 12.1 Å². The SMILES string of the molecule is COc1cc(OC(C)C)ccc1C1=N[C@@H](c2ccc(Cl)cc2)[C@@H](c2ccc(Cl)cc2)N1C(=O)N1CCN(CC(C)=O)C(=O)C1. The predicted octanol–water partition coefficient (Wildman–Crippen LogP) is 6.19. The van der Waals surface area contributed by atoms with Crippen LogP contribution in [0.5, 0.6) is 11.5 Å². The Morgan fingerprint density at radius 2 is 1.59 bits per heavy atom. The van der Waals surface area contributed by atoms with Gasteiger partial charge >= 0.3 is 6.03 Å². The molecule has 230 valence electrons. The van der Waals surface area contributed by atoms with Crippen molar-refractivity contribution in [3.05, 3.63) is 93.5 Å². The van der Waals surface area contributed by atoms with Gasteiger partial charge < -0.3 is 19.3 Å². The van der Waals surface area contributed by atoms with Crippen LogP contribution in [0.4, 0.5) is 4.79 Å². The largest absolute Gasteiger partial charge is 0.496 e. The summed E-state index contributed by atoms with van der Waals surface area (Å²) < 4.78 is 11.7. The number of carbonyl (C=O) groups excluding carboxylic acids is 3. The lowest BCUT2D eigenvalue weighted by Crippen LogP contribution is -2.57. The molecule has 1 fully saturated rings. The van der Waals surface area contributed by atoms with Gasteiger partial charge in [0.1, 0.15) is 35.7 Å². The lowest BCUT2D eigenvalue weighted by atomic mass is 9.93. The van der Waals surface area contributed by atoms with E-state index in [1.54, 1.807) is 42.3 Å². The van der Waals surface area contributed by atoms with Crippen molar-refractivity contribution < 1.29 is 23.9 Å². The Morgan fingerprint density at radius 1 is 0.955 bits per heavy atom. The molecule has 5 rings (SSSR count). The van der Waals surface area contributed by atoms with Crippen LogP contribution in [0.1, 0.15) is 49.5 Å². The highest BCUT2D eigenvalue weighted by Crippen LogP contribution is 2.45. The average molecular weight is 638 g/mol. The number of amides is 3. The molecule has 0 spiro atoms. The Bertz CT molecular complexity index is 1580. The van der Waals surface area contributed by atoms with Crippen LogP contribution >= 0.6 is 23.2 Å². The number of amidine groups is 1. The standard InChI is InChI=1S/C33H34Cl2N4O5/c1-20(2)44-26-13-14-27(28(17-26)43-4)32-36-30(22-5-9-24(34)10-6-22)31(23-7-11-25(35)12-8-23)39(32)33(42)38-16-15-37(18-21(3)40)29(41)19-38/h5-14,17,20,30-31H,15-16,18-19H2,1-4H3/t30-,31+/m0/s1. The Hall–Kier alpha value is -4.08. The number of ketones is 1. The van der Waals surface area contributed by atoms with Crippen molar-refractivity contribution in [3.63, 3.8) is 0 Å². The maximum absolute atomic E-state index is 14.6. The Labute approximate surface area is 267 Å². The van der Waals surface area contributed by atoms with E-state index in [2.05, 4.69) is 0 Å². The molecule has 0 unspecified atom stereocenters. The first-order valence-electron chi connectivity index (χ1n) is 14.3. The van der Waals surface area contributed by atoms with Gasteiger partial charge in [-0.3, -0.25) is 19.5 Å². The highest BCUT2D eigenvalue weighted by molar-refractivity contribution is 6.30. The third kappa shape index (κ3) is 6.69. The van der Waals surface area contributed by atoms with Crippen LogP contribution in [-0.2, 0) is 9.59 Å². The summed E-state index contributed by atoms with van der Waals surface area (Å²) in [4.78, 5) is 49.1. The average Bonchev–Trinajstić information content (AvgIpc) is 3.38. The number of rotatable bonds is 8. The minimum atomic E-state index is -0.586. The highest BCUT2D eigenvalue weighted by atomic mass is 35.5. The van der Waals surface area contributed by atoms with Gasteiger partial charge in [0, 0.05) is 29.2 Å². The highest BCUT2D eigenvalue weighted by Gasteiger charge is 2.45. The number of Topliss-reactive ketones (excluding diaryl/α,β-unsaturated/α-hetero) is 1. The van der Waals surface area contributed by atoms with E-state index in [0.29, 0.717) is 32.9 Å². The van der Waals surface area contributed by atoms with Gasteiger partial charge in [-0.05, 0) is 68.3 Å². The topological polar surface area (TPSA) is 91.8 Å². The normalized spacial score (nSPS) is 18.5. The summed E-state index contributed by atoms with van der Waals surface area (Å²) in [6, 6.07) is 18.6. The Balaban J connectivity index is 1.63.